The minimum absolute atomic E-state index is 0.0878. The van der Waals surface area contributed by atoms with Crippen LogP contribution in [0.5, 0.6) is 5.75 Å². The molecule has 0 fully saturated rings. The standard InChI is InChI=1S/C21H22N4O3S/c1-11(2)6-15-9-16(23-20(27)22-15)19(26)25-21-24-17(10-29-21)13-4-5-18-14(8-13)7-12(3)28-18/h4-5,8-12H,6-7H2,1-3H3,(H,22,23,27)(H,24,25,26). The smallest absolute Gasteiger partial charge is 0.345 e. The molecule has 29 heavy (non-hydrogen) atoms. The van der Waals surface area contributed by atoms with Crippen molar-refractivity contribution >= 4 is 22.4 Å². The molecule has 0 saturated carbocycles. The van der Waals surface area contributed by atoms with Crippen molar-refractivity contribution in [1.29, 1.82) is 0 Å². The number of anilines is 1. The molecule has 1 amide bonds. The van der Waals surface area contributed by atoms with Crippen molar-refractivity contribution < 1.29 is 9.53 Å². The highest BCUT2D eigenvalue weighted by molar-refractivity contribution is 7.14. The minimum Gasteiger partial charge on any atom is -0.490 e. The van der Waals surface area contributed by atoms with Crippen LogP contribution >= 0.6 is 11.3 Å². The van der Waals surface area contributed by atoms with Crippen molar-refractivity contribution in [3.8, 4) is 17.0 Å². The Balaban J connectivity index is 1.51. The fraction of sp³-hybridized carbons (Fsp3) is 0.333. The molecule has 1 atom stereocenters. The number of rotatable bonds is 5. The average Bonchev–Trinajstić information content (AvgIpc) is 3.25. The zero-order valence-electron chi connectivity index (χ0n) is 16.5. The molecule has 1 aromatic carbocycles. The van der Waals surface area contributed by atoms with Gasteiger partial charge in [-0.15, -0.1) is 11.3 Å². The predicted octanol–water partition coefficient (Wildman–Crippen LogP) is 3.67. The van der Waals surface area contributed by atoms with Gasteiger partial charge in [0.2, 0.25) is 0 Å². The number of nitrogens with one attached hydrogen (secondary N) is 2. The molecule has 150 valence electrons. The van der Waals surface area contributed by atoms with Crippen LogP contribution in [0.3, 0.4) is 0 Å². The first-order valence-electron chi connectivity index (χ1n) is 9.54. The van der Waals surface area contributed by atoms with Gasteiger partial charge in [0.1, 0.15) is 17.5 Å². The molecule has 0 spiro atoms. The number of aromatic nitrogens is 3. The molecule has 4 rings (SSSR count). The highest BCUT2D eigenvalue weighted by Crippen LogP contribution is 2.33. The molecule has 0 aliphatic carbocycles. The summed E-state index contributed by atoms with van der Waals surface area (Å²) in [6, 6.07) is 7.62. The second-order valence-electron chi connectivity index (χ2n) is 7.64. The van der Waals surface area contributed by atoms with E-state index < -0.39 is 11.6 Å². The summed E-state index contributed by atoms with van der Waals surface area (Å²) in [5.41, 5.74) is 3.18. The van der Waals surface area contributed by atoms with Crippen LogP contribution < -0.4 is 15.7 Å². The van der Waals surface area contributed by atoms with E-state index in [0.717, 1.165) is 23.4 Å². The van der Waals surface area contributed by atoms with Gasteiger partial charge in [-0.1, -0.05) is 13.8 Å². The number of hydrogen-bond donors (Lipinski definition) is 2. The lowest BCUT2D eigenvalue weighted by molar-refractivity contribution is 0.102. The topological polar surface area (TPSA) is 97.0 Å². The summed E-state index contributed by atoms with van der Waals surface area (Å²) < 4.78 is 5.74. The van der Waals surface area contributed by atoms with Crippen LogP contribution in [-0.2, 0) is 12.8 Å². The first kappa shape index (κ1) is 19.3. The minimum atomic E-state index is -0.525. The number of H-pyrrole nitrogens is 1. The van der Waals surface area contributed by atoms with E-state index in [-0.39, 0.29) is 11.8 Å². The normalized spacial score (nSPS) is 15.2. The van der Waals surface area contributed by atoms with Gasteiger partial charge >= 0.3 is 5.69 Å². The molecule has 1 aliphatic rings. The molecule has 3 aromatic rings. The van der Waals surface area contributed by atoms with Crippen LogP contribution in [0.4, 0.5) is 5.13 Å². The summed E-state index contributed by atoms with van der Waals surface area (Å²) in [6.45, 7) is 6.13. The number of carbonyl (C=O) groups is 1. The molecule has 3 heterocycles. The second kappa shape index (κ2) is 7.79. The third-order valence-corrected chi connectivity index (χ3v) is 5.34. The molecule has 2 N–H and O–H groups in total. The Morgan fingerprint density at radius 3 is 2.97 bits per heavy atom. The second-order valence-corrected chi connectivity index (χ2v) is 8.50. The highest BCUT2D eigenvalue weighted by atomic mass is 32.1. The Labute approximate surface area is 172 Å². The molecule has 8 heteroatoms. The summed E-state index contributed by atoms with van der Waals surface area (Å²) in [5, 5.41) is 5.10. The van der Waals surface area contributed by atoms with E-state index in [2.05, 4.69) is 26.3 Å². The van der Waals surface area contributed by atoms with Crippen LogP contribution in [0.1, 0.15) is 42.5 Å². The summed E-state index contributed by atoms with van der Waals surface area (Å²) >= 11 is 1.33. The number of benzene rings is 1. The number of hydrogen-bond acceptors (Lipinski definition) is 6. The van der Waals surface area contributed by atoms with E-state index in [1.54, 1.807) is 6.07 Å². The number of amides is 1. The van der Waals surface area contributed by atoms with E-state index in [1.807, 2.05) is 38.3 Å². The van der Waals surface area contributed by atoms with Gasteiger partial charge in [0, 0.05) is 23.1 Å². The first-order valence-corrected chi connectivity index (χ1v) is 10.4. The molecule has 0 bridgehead atoms. The van der Waals surface area contributed by atoms with Gasteiger partial charge in [0.05, 0.1) is 5.69 Å². The molecular weight excluding hydrogens is 388 g/mol. The lowest BCUT2D eigenvalue weighted by Gasteiger charge is -2.06. The molecule has 0 saturated heterocycles. The fourth-order valence-electron chi connectivity index (χ4n) is 3.38. The largest absolute Gasteiger partial charge is 0.490 e. The quantitative estimate of drug-likeness (QED) is 0.669. The van der Waals surface area contributed by atoms with E-state index in [1.165, 1.54) is 16.9 Å². The van der Waals surface area contributed by atoms with Crippen molar-refractivity contribution in [3.63, 3.8) is 0 Å². The maximum atomic E-state index is 12.6. The SMILES string of the molecule is CC(C)Cc1cc(C(=O)Nc2nc(-c3ccc4c(c3)CC(C)O4)cs2)nc(=O)[nH]1. The van der Waals surface area contributed by atoms with Crippen molar-refractivity contribution in [2.45, 2.75) is 39.7 Å². The van der Waals surface area contributed by atoms with Gasteiger partial charge in [-0.2, -0.15) is 4.98 Å². The maximum Gasteiger partial charge on any atom is 0.345 e. The van der Waals surface area contributed by atoms with E-state index in [9.17, 15) is 9.59 Å². The number of thiazole rings is 1. The van der Waals surface area contributed by atoms with E-state index in [4.69, 9.17) is 4.74 Å². The van der Waals surface area contributed by atoms with Gasteiger partial charge in [-0.25, -0.2) is 9.78 Å². The predicted molar refractivity (Wildman–Crippen MR) is 113 cm³/mol. The van der Waals surface area contributed by atoms with Crippen molar-refractivity contribution in [2.24, 2.45) is 5.92 Å². The Hall–Kier alpha value is -3.00. The zero-order valence-corrected chi connectivity index (χ0v) is 17.3. The van der Waals surface area contributed by atoms with Crippen LogP contribution in [0.25, 0.3) is 11.3 Å². The lowest BCUT2D eigenvalue weighted by atomic mass is 10.1. The Bertz CT molecular complexity index is 1120. The van der Waals surface area contributed by atoms with Crippen molar-refractivity contribution in [2.75, 3.05) is 5.32 Å². The van der Waals surface area contributed by atoms with Gasteiger partial charge in [0.15, 0.2) is 5.13 Å². The molecule has 7 nitrogen and oxygen atoms in total. The first-order chi connectivity index (χ1) is 13.9. The number of aromatic amines is 1. The van der Waals surface area contributed by atoms with Crippen LogP contribution in [0.2, 0.25) is 0 Å². The van der Waals surface area contributed by atoms with Gasteiger partial charge < -0.3 is 9.72 Å². The van der Waals surface area contributed by atoms with Gasteiger partial charge in [0.25, 0.3) is 5.91 Å². The number of ether oxygens (including phenoxy) is 1. The fourth-order valence-corrected chi connectivity index (χ4v) is 4.10. The Morgan fingerprint density at radius 2 is 2.17 bits per heavy atom. The summed E-state index contributed by atoms with van der Waals surface area (Å²) in [5.74, 6) is 0.826. The number of carbonyl (C=O) groups excluding carboxylic acids is 1. The maximum absolute atomic E-state index is 12.6. The summed E-state index contributed by atoms with van der Waals surface area (Å²) in [4.78, 5) is 35.3. The number of nitrogens with zero attached hydrogens (tertiary/aromatic N) is 2. The third-order valence-electron chi connectivity index (χ3n) is 4.58. The summed E-state index contributed by atoms with van der Waals surface area (Å²) in [6.07, 6.45) is 1.73. The van der Waals surface area contributed by atoms with E-state index in [0.29, 0.717) is 23.2 Å². The van der Waals surface area contributed by atoms with Gasteiger partial charge in [-0.05, 0) is 49.1 Å². The third kappa shape index (κ3) is 4.37. The van der Waals surface area contributed by atoms with E-state index >= 15 is 0 Å². The Kier molecular flexibility index (Phi) is 5.19. The number of fused-ring (bicyclic) bond motifs is 1. The summed E-state index contributed by atoms with van der Waals surface area (Å²) in [7, 11) is 0. The van der Waals surface area contributed by atoms with Crippen LogP contribution in [-0.4, -0.2) is 27.0 Å². The van der Waals surface area contributed by atoms with Crippen LogP contribution in [0.15, 0.2) is 34.4 Å². The average molecular weight is 410 g/mol. The zero-order chi connectivity index (χ0) is 20.5. The Morgan fingerprint density at radius 1 is 1.34 bits per heavy atom. The van der Waals surface area contributed by atoms with Crippen molar-refractivity contribution in [1.82, 2.24) is 15.0 Å². The lowest BCUT2D eigenvalue weighted by Crippen LogP contribution is -2.22. The molecule has 2 aromatic heterocycles. The highest BCUT2D eigenvalue weighted by Gasteiger charge is 2.20. The molecule has 1 aliphatic heterocycles. The van der Waals surface area contributed by atoms with Crippen LogP contribution in [0, 0.1) is 5.92 Å². The molecular formula is C21H22N4O3S. The van der Waals surface area contributed by atoms with Gasteiger partial charge in [-0.3, -0.25) is 10.1 Å². The molecule has 1 unspecified atom stereocenters. The molecule has 0 radical (unpaired) electrons. The van der Waals surface area contributed by atoms with Crippen molar-refractivity contribution in [3.05, 3.63) is 57.1 Å². The monoisotopic (exact) mass is 410 g/mol.